The summed E-state index contributed by atoms with van der Waals surface area (Å²) in [6, 6.07) is 7.46. The van der Waals surface area contributed by atoms with E-state index in [0.717, 1.165) is 42.6 Å². The number of nitrogens with one attached hydrogen (secondary N) is 2. The summed E-state index contributed by atoms with van der Waals surface area (Å²) in [6.45, 7) is 3.76. The molecule has 1 spiro atoms. The first kappa shape index (κ1) is 19.4. The fourth-order valence-electron chi connectivity index (χ4n) is 4.05. The smallest absolute Gasteiger partial charge is 0.325 e. The largest absolute Gasteiger partial charge is 0.348 e. The van der Waals surface area contributed by atoms with Crippen molar-refractivity contribution in [3.63, 3.8) is 0 Å². The van der Waals surface area contributed by atoms with Crippen LogP contribution in [0.3, 0.4) is 0 Å². The number of nitrogens with zero attached hydrogens (tertiary/aromatic N) is 1. The van der Waals surface area contributed by atoms with Crippen molar-refractivity contribution in [3.05, 3.63) is 35.4 Å². The molecule has 1 heterocycles. The van der Waals surface area contributed by atoms with Crippen LogP contribution in [-0.2, 0) is 16.0 Å². The Bertz CT molecular complexity index is 706. The Kier molecular flexibility index (Phi) is 5.82. The third-order valence-corrected chi connectivity index (χ3v) is 5.77. The third-order valence-electron chi connectivity index (χ3n) is 5.77. The summed E-state index contributed by atoms with van der Waals surface area (Å²) in [6.07, 6.45) is 6.31. The van der Waals surface area contributed by atoms with Gasteiger partial charge in [0, 0.05) is 0 Å². The highest BCUT2D eigenvalue weighted by molar-refractivity contribution is 6.09. The number of carbonyl (C=O) groups is 3. The van der Waals surface area contributed by atoms with Crippen molar-refractivity contribution in [2.75, 3.05) is 6.54 Å². The molecule has 27 heavy (non-hydrogen) atoms. The van der Waals surface area contributed by atoms with Crippen molar-refractivity contribution < 1.29 is 14.4 Å². The van der Waals surface area contributed by atoms with Gasteiger partial charge in [-0.15, -0.1) is 0 Å². The minimum Gasteiger partial charge on any atom is -0.348 e. The molecule has 1 aliphatic carbocycles. The van der Waals surface area contributed by atoms with Crippen LogP contribution in [0.2, 0.25) is 0 Å². The highest BCUT2D eigenvalue weighted by Gasteiger charge is 2.51. The van der Waals surface area contributed by atoms with Crippen LogP contribution in [0, 0.1) is 0 Å². The molecule has 146 valence electrons. The Balaban J connectivity index is 1.61. The lowest BCUT2D eigenvalue weighted by molar-refractivity contribution is -0.135. The van der Waals surface area contributed by atoms with E-state index in [-0.39, 0.29) is 24.4 Å². The zero-order valence-corrected chi connectivity index (χ0v) is 16.2. The number of urea groups is 1. The summed E-state index contributed by atoms with van der Waals surface area (Å²) in [4.78, 5) is 38.7. The molecule has 6 nitrogen and oxygen atoms in total. The lowest BCUT2D eigenvalue weighted by atomic mass is 9.90. The van der Waals surface area contributed by atoms with Crippen LogP contribution < -0.4 is 10.6 Å². The van der Waals surface area contributed by atoms with Crippen LogP contribution in [0.25, 0.3) is 0 Å². The highest BCUT2D eigenvalue weighted by Crippen LogP contribution is 2.32. The Hall–Kier alpha value is -2.37. The van der Waals surface area contributed by atoms with Crippen molar-refractivity contribution in [2.45, 2.75) is 70.4 Å². The Morgan fingerprint density at radius 1 is 1.15 bits per heavy atom. The number of amides is 4. The van der Waals surface area contributed by atoms with Crippen molar-refractivity contribution in [2.24, 2.45) is 0 Å². The van der Waals surface area contributed by atoms with Crippen LogP contribution in [-0.4, -0.2) is 34.8 Å². The Morgan fingerprint density at radius 3 is 2.37 bits per heavy atom. The molecule has 1 atom stereocenters. The molecule has 2 aliphatic rings. The lowest BCUT2D eigenvalue weighted by Crippen LogP contribution is -2.47. The van der Waals surface area contributed by atoms with E-state index >= 15 is 0 Å². The predicted molar refractivity (Wildman–Crippen MR) is 103 cm³/mol. The molecule has 1 saturated carbocycles. The predicted octanol–water partition coefficient (Wildman–Crippen LogP) is 3.07. The average Bonchev–Trinajstić information content (AvgIpc) is 2.83. The van der Waals surface area contributed by atoms with E-state index in [1.807, 2.05) is 31.2 Å². The van der Waals surface area contributed by atoms with Crippen LogP contribution in [0.4, 0.5) is 4.79 Å². The Labute approximate surface area is 160 Å². The van der Waals surface area contributed by atoms with Gasteiger partial charge in [0.2, 0.25) is 5.91 Å². The SMILES string of the molecule is CCc1ccc([C@@H](C)NC(=O)CN2C(=O)NC3(CCCCCC3)C2=O)cc1. The maximum atomic E-state index is 12.9. The highest BCUT2D eigenvalue weighted by atomic mass is 16.2. The first-order valence-corrected chi connectivity index (χ1v) is 9.97. The van der Waals surface area contributed by atoms with Gasteiger partial charge < -0.3 is 10.6 Å². The number of hydrogen-bond acceptors (Lipinski definition) is 3. The molecular formula is C21H29N3O3. The zero-order valence-electron chi connectivity index (χ0n) is 16.2. The Morgan fingerprint density at radius 2 is 1.78 bits per heavy atom. The van der Waals surface area contributed by atoms with Gasteiger partial charge >= 0.3 is 6.03 Å². The number of carbonyl (C=O) groups excluding carboxylic acids is 3. The van der Waals surface area contributed by atoms with E-state index in [1.54, 1.807) is 0 Å². The van der Waals surface area contributed by atoms with Crippen molar-refractivity contribution in [1.82, 2.24) is 15.5 Å². The van der Waals surface area contributed by atoms with Crippen molar-refractivity contribution in [1.29, 1.82) is 0 Å². The summed E-state index contributed by atoms with van der Waals surface area (Å²) in [5.74, 6) is -0.569. The van der Waals surface area contributed by atoms with E-state index in [2.05, 4.69) is 17.6 Å². The quantitative estimate of drug-likeness (QED) is 0.781. The third kappa shape index (κ3) is 4.15. The van der Waals surface area contributed by atoms with Crippen LogP contribution >= 0.6 is 0 Å². The molecule has 1 aromatic carbocycles. The second kappa shape index (κ2) is 8.11. The molecule has 2 N–H and O–H groups in total. The molecular weight excluding hydrogens is 342 g/mol. The van der Waals surface area contributed by atoms with Gasteiger partial charge in [-0.05, 0) is 37.3 Å². The minimum absolute atomic E-state index is 0.184. The van der Waals surface area contributed by atoms with Gasteiger partial charge in [-0.2, -0.15) is 0 Å². The first-order chi connectivity index (χ1) is 12.9. The van der Waals surface area contributed by atoms with E-state index < -0.39 is 11.6 Å². The van der Waals surface area contributed by atoms with Crippen LogP contribution in [0.5, 0.6) is 0 Å². The minimum atomic E-state index is -0.796. The standard InChI is InChI=1S/C21H29N3O3/c1-3-16-8-10-17(11-9-16)15(2)22-18(25)14-24-19(26)21(23-20(24)27)12-6-4-5-7-13-21/h8-11,15H,3-7,12-14H2,1-2H3,(H,22,25)(H,23,27)/t15-/m1/s1. The number of benzene rings is 1. The molecule has 6 heteroatoms. The molecule has 1 aromatic rings. The molecule has 0 radical (unpaired) electrons. The maximum absolute atomic E-state index is 12.9. The molecule has 2 fully saturated rings. The molecule has 0 aromatic heterocycles. The first-order valence-electron chi connectivity index (χ1n) is 9.97. The van der Waals surface area contributed by atoms with Gasteiger partial charge in [0.1, 0.15) is 12.1 Å². The van der Waals surface area contributed by atoms with Gasteiger partial charge in [-0.1, -0.05) is 56.9 Å². The number of hydrogen-bond donors (Lipinski definition) is 2. The second-order valence-corrected chi connectivity index (χ2v) is 7.70. The molecule has 4 amide bonds. The number of aryl methyl sites for hydroxylation is 1. The van der Waals surface area contributed by atoms with E-state index in [0.29, 0.717) is 12.8 Å². The number of rotatable bonds is 5. The van der Waals surface area contributed by atoms with Gasteiger partial charge in [0.05, 0.1) is 6.04 Å². The van der Waals surface area contributed by atoms with Crippen molar-refractivity contribution in [3.8, 4) is 0 Å². The van der Waals surface area contributed by atoms with Gasteiger partial charge in [0.25, 0.3) is 5.91 Å². The van der Waals surface area contributed by atoms with E-state index in [9.17, 15) is 14.4 Å². The molecule has 0 bridgehead atoms. The van der Waals surface area contributed by atoms with E-state index in [4.69, 9.17) is 0 Å². The van der Waals surface area contributed by atoms with E-state index in [1.165, 1.54) is 5.56 Å². The summed E-state index contributed by atoms with van der Waals surface area (Å²) in [5.41, 5.74) is 1.44. The molecule has 1 saturated heterocycles. The topological polar surface area (TPSA) is 78.5 Å². The van der Waals surface area contributed by atoms with Gasteiger partial charge in [0.15, 0.2) is 0 Å². The van der Waals surface area contributed by atoms with Gasteiger partial charge in [-0.3, -0.25) is 14.5 Å². The zero-order chi connectivity index (χ0) is 19.4. The fraction of sp³-hybridized carbons (Fsp3) is 0.571. The van der Waals surface area contributed by atoms with Crippen molar-refractivity contribution >= 4 is 17.8 Å². The monoisotopic (exact) mass is 371 g/mol. The summed E-state index contributed by atoms with van der Waals surface area (Å²) in [7, 11) is 0. The fourth-order valence-corrected chi connectivity index (χ4v) is 4.05. The second-order valence-electron chi connectivity index (χ2n) is 7.70. The number of imide groups is 1. The molecule has 1 aliphatic heterocycles. The molecule has 0 unspecified atom stereocenters. The lowest BCUT2D eigenvalue weighted by Gasteiger charge is -2.24. The normalized spacial score (nSPS) is 20.3. The average molecular weight is 371 g/mol. The molecule has 3 rings (SSSR count). The van der Waals surface area contributed by atoms with Crippen LogP contribution in [0.1, 0.15) is 69.5 Å². The summed E-state index contributed by atoms with van der Waals surface area (Å²) in [5, 5.41) is 5.76. The summed E-state index contributed by atoms with van der Waals surface area (Å²) < 4.78 is 0. The van der Waals surface area contributed by atoms with Crippen LogP contribution in [0.15, 0.2) is 24.3 Å². The maximum Gasteiger partial charge on any atom is 0.325 e. The van der Waals surface area contributed by atoms with Gasteiger partial charge in [-0.25, -0.2) is 4.79 Å². The summed E-state index contributed by atoms with van der Waals surface area (Å²) >= 11 is 0.